The topological polar surface area (TPSA) is 72.9 Å². The predicted molar refractivity (Wildman–Crippen MR) is 97.8 cm³/mol. The van der Waals surface area contributed by atoms with Crippen molar-refractivity contribution in [3.63, 3.8) is 0 Å². The van der Waals surface area contributed by atoms with Crippen LogP contribution >= 0.6 is 0 Å². The number of carbonyl (C=O) groups is 1. The molecule has 0 radical (unpaired) electrons. The molecule has 0 bridgehead atoms. The number of hydrogen-bond donors (Lipinski definition) is 2. The van der Waals surface area contributed by atoms with Gasteiger partial charge in [-0.1, -0.05) is 30.3 Å². The van der Waals surface area contributed by atoms with Gasteiger partial charge in [-0.3, -0.25) is 9.36 Å². The van der Waals surface area contributed by atoms with Gasteiger partial charge in [-0.25, -0.2) is 4.98 Å². The summed E-state index contributed by atoms with van der Waals surface area (Å²) in [7, 11) is 0. The average molecular weight is 332 g/mol. The first-order valence-corrected chi connectivity index (χ1v) is 8.50. The fraction of sp³-hybridized carbons (Fsp3) is 0.200. The SMILES string of the molecule is NCCc1ccc(-c2nccn2-c2ccc3c(c2)C(=O)NCC3)cc1. The van der Waals surface area contributed by atoms with Gasteiger partial charge in [0.1, 0.15) is 5.82 Å². The van der Waals surface area contributed by atoms with Gasteiger partial charge in [0.25, 0.3) is 5.91 Å². The van der Waals surface area contributed by atoms with Crippen LogP contribution in [-0.2, 0) is 12.8 Å². The van der Waals surface area contributed by atoms with E-state index in [9.17, 15) is 4.79 Å². The summed E-state index contributed by atoms with van der Waals surface area (Å²) in [6.45, 7) is 1.35. The number of nitrogens with zero attached hydrogens (tertiary/aromatic N) is 2. The van der Waals surface area contributed by atoms with Crippen LogP contribution in [0, 0.1) is 0 Å². The van der Waals surface area contributed by atoms with Crippen LogP contribution in [0.4, 0.5) is 0 Å². The van der Waals surface area contributed by atoms with Crippen molar-refractivity contribution in [2.24, 2.45) is 5.73 Å². The Morgan fingerprint density at radius 2 is 2.00 bits per heavy atom. The summed E-state index contributed by atoms with van der Waals surface area (Å²) in [6.07, 6.45) is 5.45. The van der Waals surface area contributed by atoms with Gasteiger partial charge >= 0.3 is 0 Å². The molecular weight excluding hydrogens is 312 g/mol. The second-order valence-electron chi connectivity index (χ2n) is 6.20. The number of aromatic nitrogens is 2. The Morgan fingerprint density at radius 1 is 1.16 bits per heavy atom. The Labute approximate surface area is 146 Å². The average Bonchev–Trinajstić information content (AvgIpc) is 3.12. The normalized spacial score (nSPS) is 13.4. The fourth-order valence-corrected chi connectivity index (χ4v) is 3.26. The first-order chi connectivity index (χ1) is 12.3. The fourth-order valence-electron chi connectivity index (χ4n) is 3.26. The van der Waals surface area contributed by atoms with Crippen LogP contribution in [0.1, 0.15) is 21.5 Å². The van der Waals surface area contributed by atoms with Gasteiger partial charge in [0, 0.05) is 35.8 Å². The standard InChI is InChI=1S/C20H20N4O/c21-9-7-14-1-3-16(4-2-14)19-22-11-12-24(19)17-6-5-15-8-10-23-20(25)18(15)13-17/h1-6,11-13H,7-10,21H2,(H,23,25). The summed E-state index contributed by atoms with van der Waals surface area (Å²) in [6, 6.07) is 14.3. The van der Waals surface area contributed by atoms with E-state index in [0.29, 0.717) is 13.1 Å². The third kappa shape index (κ3) is 2.94. The largest absolute Gasteiger partial charge is 0.352 e. The van der Waals surface area contributed by atoms with Gasteiger partial charge in [0.2, 0.25) is 0 Å². The van der Waals surface area contributed by atoms with Gasteiger partial charge in [-0.2, -0.15) is 0 Å². The van der Waals surface area contributed by atoms with Gasteiger partial charge < -0.3 is 11.1 Å². The van der Waals surface area contributed by atoms with Crippen LogP contribution in [0.2, 0.25) is 0 Å². The Kier molecular flexibility index (Phi) is 4.07. The van der Waals surface area contributed by atoms with Crippen molar-refractivity contribution in [1.29, 1.82) is 0 Å². The maximum absolute atomic E-state index is 12.1. The van der Waals surface area contributed by atoms with E-state index in [1.54, 1.807) is 6.20 Å². The summed E-state index contributed by atoms with van der Waals surface area (Å²) in [5.74, 6) is 0.853. The Hall–Kier alpha value is -2.92. The number of carbonyl (C=O) groups excluding carboxylic acids is 1. The van der Waals surface area contributed by atoms with E-state index in [0.717, 1.165) is 41.0 Å². The van der Waals surface area contributed by atoms with Crippen molar-refractivity contribution in [3.8, 4) is 17.1 Å². The number of imidazole rings is 1. The molecule has 3 N–H and O–H groups in total. The molecule has 0 spiro atoms. The molecular formula is C20H20N4O. The minimum absolute atomic E-state index is 0.00379. The first kappa shape index (κ1) is 15.6. The van der Waals surface area contributed by atoms with Crippen LogP contribution in [0.25, 0.3) is 17.1 Å². The molecule has 0 aliphatic carbocycles. The van der Waals surface area contributed by atoms with Crippen LogP contribution in [-0.4, -0.2) is 28.5 Å². The summed E-state index contributed by atoms with van der Waals surface area (Å²) >= 11 is 0. The highest BCUT2D eigenvalue weighted by molar-refractivity contribution is 5.97. The monoisotopic (exact) mass is 332 g/mol. The van der Waals surface area contributed by atoms with Crippen molar-refractivity contribution in [3.05, 3.63) is 71.5 Å². The molecule has 2 heterocycles. The van der Waals surface area contributed by atoms with E-state index in [1.807, 2.05) is 29.0 Å². The minimum atomic E-state index is -0.00379. The lowest BCUT2D eigenvalue weighted by Gasteiger charge is -2.18. The molecule has 126 valence electrons. The van der Waals surface area contributed by atoms with Crippen LogP contribution in [0.3, 0.4) is 0 Å². The van der Waals surface area contributed by atoms with E-state index < -0.39 is 0 Å². The van der Waals surface area contributed by atoms with Crippen LogP contribution in [0.15, 0.2) is 54.9 Å². The third-order valence-electron chi connectivity index (χ3n) is 4.58. The lowest BCUT2D eigenvalue weighted by Crippen LogP contribution is -2.31. The molecule has 25 heavy (non-hydrogen) atoms. The highest BCUT2D eigenvalue weighted by Gasteiger charge is 2.18. The van der Waals surface area contributed by atoms with Crippen molar-refractivity contribution in [2.75, 3.05) is 13.1 Å². The molecule has 1 aliphatic heterocycles. The molecule has 0 atom stereocenters. The van der Waals surface area contributed by atoms with E-state index in [-0.39, 0.29) is 5.91 Å². The Morgan fingerprint density at radius 3 is 2.80 bits per heavy atom. The van der Waals surface area contributed by atoms with Crippen molar-refractivity contribution in [1.82, 2.24) is 14.9 Å². The molecule has 3 aromatic rings. The zero-order valence-electron chi connectivity index (χ0n) is 13.9. The Balaban J connectivity index is 1.72. The molecule has 2 aromatic carbocycles. The second-order valence-corrected chi connectivity index (χ2v) is 6.20. The quantitative estimate of drug-likeness (QED) is 0.770. The number of benzene rings is 2. The number of nitrogens with two attached hydrogens (primary N) is 1. The van der Waals surface area contributed by atoms with Gasteiger partial charge in [0.15, 0.2) is 0 Å². The number of nitrogens with one attached hydrogen (secondary N) is 1. The molecule has 0 fully saturated rings. The highest BCUT2D eigenvalue weighted by Crippen LogP contribution is 2.24. The smallest absolute Gasteiger partial charge is 0.251 e. The van der Waals surface area contributed by atoms with Crippen molar-refractivity contribution < 1.29 is 4.79 Å². The van der Waals surface area contributed by atoms with Gasteiger partial charge in [0.05, 0.1) is 0 Å². The lowest BCUT2D eigenvalue weighted by molar-refractivity contribution is 0.0946. The summed E-state index contributed by atoms with van der Waals surface area (Å²) in [4.78, 5) is 16.6. The van der Waals surface area contributed by atoms with Crippen molar-refractivity contribution in [2.45, 2.75) is 12.8 Å². The minimum Gasteiger partial charge on any atom is -0.352 e. The number of hydrogen-bond acceptors (Lipinski definition) is 3. The van der Waals surface area contributed by atoms with E-state index in [1.165, 1.54) is 5.56 Å². The lowest BCUT2D eigenvalue weighted by atomic mass is 9.99. The molecule has 5 heteroatoms. The van der Waals surface area contributed by atoms with Crippen molar-refractivity contribution >= 4 is 5.91 Å². The zero-order chi connectivity index (χ0) is 17.2. The van der Waals surface area contributed by atoms with E-state index in [2.05, 4.69) is 34.6 Å². The molecule has 0 saturated heterocycles. The maximum Gasteiger partial charge on any atom is 0.251 e. The second kappa shape index (κ2) is 6.53. The summed E-state index contributed by atoms with van der Waals surface area (Å²) in [5.41, 5.74) is 10.7. The Bertz CT molecular complexity index is 912. The first-order valence-electron chi connectivity index (χ1n) is 8.50. The molecule has 4 rings (SSSR count). The van der Waals surface area contributed by atoms with Crippen LogP contribution in [0.5, 0.6) is 0 Å². The van der Waals surface area contributed by atoms with Gasteiger partial charge in [-0.15, -0.1) is 0 Å². The number of fused-ring (bicyclic) bond motifs is 1. The predicted octanol–water partition coefficient (Wildman–Crippen LogP) is 2.33. The molecule has 0 saturated carbocycles. The van der Waals surface area contributed by atoms with E-state index >= 15 is 0 Å². The third-order valence-corrected chi connectivity index (χ3v) is 4.58. The summed E-state index contributed by atoms with van der Waals surface area (Å²) in [5, 5.41) is 2.90. The van der Waals surface area contributed by atoms with Crippen LogP contribution < -0.4 is 11.1 Å². The molecule has 1 aromatic heterocycles. The molecule has 1 aliphatic rings. The van der Waals surface area contributed by atoms with E-state index in [4.69, 9.17) is 5.73 Å². The maximum atomic E-state index is 12.1. The number of rotatable bonds is 4. The van der Waals surface area contributed by atoms with Gasteiger partial charge in [-0.05, 0) is 42.6 Å². The zero-order valence-corrected chi connectivity index (χ0v) is 13.9. The molecule has 1 amide bonds. The highest BCUT2D eigenvalue weighted by atomic mass is 16.1. The molecule has 0 unspecified atom stereocenters. The molecule has 5 nitrogen and oxygen atoms in total. The summed E-state index contributed by atoms with van der Waals surface area (Å²) < 4.78 is 2.01. The number of amides is 1.